The summed E-state index contributed by atoms with van der Waals surface area (Å²) in [6.07, 6.45) is 7.71. The summed E-state index contributed by atoms with van der Waals surface area (Å²) in [5.74, 6) is 0.0501. The lowest BCUT2D eigenvalue weighted by molar-refractivity contribution is -0.133. The van der Waals surface area contributed by atoms with Gasteiger partial charge in [-0.1, -0.05) is 74.5 Å². The maximum atomic E-state index is 13.1. The van der Waals surface area contributed by atoms with Crippen molar-refractivity contribution in [2.75, 3.05) is 18.8 Å². The van der Waals surface area contributed by atoms with Gasteiger partial charge in [-0.25, -0.2) is 13.1 Å². The normalized spacial score (nSPS) is 14.7. The fraction of sp³-hybridized carbons (Fsp3) is 0.516. The molecular weight excluding hydrogens is 594 g/mol. The lowest BCUT2D eigenvalue weighted by atomic mass is 9.80. The summed E-state index contributed by atoms with van der Waals surface area (Å²) in [5.41, 5.74) is 1.62. The second-order valence-corrected chi connectivity index (χ2v) is 13.3. The summed E-state index contributed by atoms with van der Waals surface area (Å²) in [5, 5.41) is 3.36. The number of nitrogens with one attached hydrogen (secondary N) is 2. The van der Waals surface area contributed by atoms with Gasteiger partial charge in [0.05, 0.1) is 4.90 Å². The Morgan fingerprint density at radius 1 is 1.07 bits per heavy atom. The molecule has 1 aliphatic rings. The second-order valence-electron chi connectivity index (χ2n) is 10.9. The van der Waals surface area contributed by atoms with Gasteiger partial charge in [-0.2, -0.15) is 12.6 Å². The number of amides is 3. The van der Waals surface area contributed by atoms with Gasteiger partial charge in [0.15, 0.2) is 0 Å². The van der Waals surface area contributed by atoms with Crippen molar-refractivity contribution in [2.45, 2.75) is 76.7 Å². The van der Waals surface area contributed by atoms with Crippen LogP contribution in [0.15, 0.2) is 47.4 Å². The summed E-state index contributed by atoms with van der Waals surface area (Å²) in [7, 11) is -4.09. The van der Waals surface area contributed by atoms with Crippen molar-refractivity contribution in [3.8, 4) is 11.1 Å². The standard InChI is InChI=1S/C31H42ClN3O5S2/c1-3-4-14-30(37)35(18-17-33-31(38)27(21-41)24-10-6-5-7-11-24)20-23-15-16-25(28(32)19-23)26-12-8-9-13-29(26)42(39,40)34-22(2)36/h8-9,12-13,15-16,19,24,27,41H,3-7,10-11,14,17-18,20-21H2,1-2H3,(H,33,38)(H,34,36)/t27-/m0/s1. The molecule has 1 atom stereocenters. The molecule has 0 aliphatic heterocycles. The van der Waals surface area contributed by atoms with E-state index >= 15 is 0 Å². The highest BCUT2D eigenvalue weighted by molar-refractivity contribution is 7.90. The minimum Gasteiger partial charge on any atom is -0.354 e. The van der Waals surface area contributed by atoms with E-state index in [9.17, 15) is 22.8 Å². The zero-order valence-electron chi connectivity index (χ0n) is 24.4. The zero-order valence-corrected chi connectivity index (χ0v) is 26.9. The number of carbonyl (C=O) groups is 3. The van der Waals surface area contributed by atoms with Crippen LogP contribution in [0.25, 0.3) is 11.1 Å². The first-order valence-electron chi connectivity index (χ1n) is 14.6. The number of hydrogen-bond donors (Lipinski definition) is 3. The van der Waals surface area contributed by atoms with E-state index in [2.05, 4.69) is 17.9 Å². The van der Waals surface area contributed by atoms with Crippen LogP contribution < -0.4 is 10.0 Å². The SMILES string of the molecule is CCCCC(=O)N(CCNC(=O)[C@@H](CS)C1CCCCC1)Cc1ccc(-c2ccccc2S(=O)(=O)NC(C)=O)c(Cl)c1. The van der Waals surface area contributed by atoms with Crippen molar-refractivity contribution in [3.63, 3.8) is 0 Å². The molecule has 0 aromatic heterocycles. The minimum absolute atomic E-state index is 0.00173. The Bertz CT molecular complexity index is 1350. The van der Waals surface area contributed by atoms with Crippen molar-refractivity contribution < 1.29 is 22.8 Å². The third-order valence-electron chi connectivity index (χ3n) is 7.68. The second kappa shape index (κ2) is 16.3. The number of halogens is 1. The molecule has 11 heteroatoms. The summed E-state index contributed by atoms with van der Waals surface area (Å²) >= 11 is 11.1. The first-order valence-corrected chi connectivity index (χ1v) is 17.1. The van der Waals surface area contributed by atoms with Crippen molar-refractivity contribution in [1.29, 1.82) is 0 Å². The number of unbranched alkanes of at least 4 members (excludes halogenated alkanes) is 1. The number of nitrogens with zero attached hydrogens (tertiary/aromatic N) is 1. The van der Waals surface area contributed by atoms with E-state index in [1.165, 1.54) is 12.5 Å². The summed E-state index contributed by atoms with van der Waals surface area (Å²) in [6, 6.07) is 11.6. The van der Waals surface area contributed by atoms with Crippen LogP contribution in [0.1, 0.15) is 70.8 Å². The number of rotatable bonds is 14. The van der Waals surface area contributed by atoms with E-state index in [0.717, 1.165) is 51.0 Å². The molecule has 1 saturated carbocycles. The third kappa shape index (κ3) is 9.47. The Balaban J connectivity index is 1.75. The largest absolute Gasteiger partial charge is 0.354 e. The van der Waals surface area contributed by atoms with Gasteiger partial charge in [-0.3, -0.25) is 14.4 Å². The van der Waals surface area contributed by atoms with Gasteiger partial charge in [0.1, 0.15) is 0 Å². The van der Waals surface area contributed by atoms with E-state index in [-0.39, 0.29) is 22.6 Å². The van der Waals surface area contributed by atoms with Gasteiger partial charge in [0.2, 0.25) is 17.7 Å². The lowest BCUT2D eigenvalue weighted by Crippen LogP contribution is -2.42. The third-order valence-corrected chi connectivity index (χ3v) is 9.88. The van der Waals surface area contributed by atoms with Crippen molar-refractivity contribution in [1.82, 2.24) is 14.9 Å². The fourth-order valence-electron chi connectivity index (χ4n) is 5.47. The molecule has 42 heavy (non-hydrogen) atoms. The van der Waals surface area contributed by atoms with E-state index in [1.807, 2.05) is 17.7 Å². The molecule has 8 nitrogen and oxygen atoms in total. The summed E-state index contributed by atoms with van der Waals surface area (Å²) in [6.45, 7) is 4.16. The van der Waals surface area contributed by atoms with Gasteiger partial charge < -0.3 is 10.2 Å². The molecule has 1 aliphatic carbocycles. The maximum Gasteiger partial charge on any atom is 0.264 e. The van der Waals surface area contributed by atoms with E-state index in [1.54, 1.807) is 35.2 Å². The van der Waals surface area contributed by atoms with Crippen LogP contribution in [0.3, 0.4) is 0 Å². The predicted molar refractivity (Wildman–Crippen MR) is 170 cm³/mol. The van der Waals surface area contributed by atoms with Gasteiger partial charge in [0, 0.05) is 60.8 Å². The maximum absolute atomic E-state index is 13.1. The Kier molecular flexibility index (Phi) is 13.2. The van der Waals surface area contributed by atoms with Crippen LogP contribution in [0.2, 0.25) is 5.02 Å². The Labute approximate surface area is 260 Å². The molecule has 0 bridgehead atoms. The monoisotopic (exact) mass is 635 g/mol. The zero-order chi connectivity index (χ0) is 30.7. The van der Waals surface area contributed by atoms with Gasteiger partial charge in [0.25, 0.3) is 10.0 Å². The molecule has 2 aromatic carbocycles. The Hall–Kier alpha value is -2.56. The van der Waals surface area contributed by atoms with E-state index in [4.69, 9.17) is 11.6 Å². The van der Waals surface area contributed by atoms with Crippen LogP contribution >= 0.6 is 24.2 Å². The first kappa shape index (κ1) is 33.9. The number of benzene rings is 2. The molecule has 0 spiro atoms. The van der Waals surface area contributed by atoms with E-state index in [0.29, 0.717) is 53.9 Å². The molecule has 0 saturated heterocycles. The molecule has 2 aromatic rings. The average molecular weight is 636 g/mol. The quantitative estimate of drug-likeness (QED) is 0.234. The number of sulfonamides is 1. The fourth-order valence-corrected chi connectivity index (χ4v) is 7.45. The van der Waals surface area contributed by atoms with E-state index < -0.39 is 15.9 Å². The summed E-state index contributed by atoms with van der Waals surface area (Å²) < 4.78 is 27.5. The smallest absolute Gasteiger partial charge is 0.264 e. The molecular formula is C31H42ClN3O5S2. The Morgan fingerprint density at radius 3 is 2.43 bits per heavy atom. The van der Waals surface area contributed by atoms with Crippen LogP contribution in [0, 0.1) is 11.8 Å². The van der Waals surface area contributed by atoms with Gasteiger partial charge in [-0.05, 0) is 42.9 Å². The topological polar surface area (TPSA) is 113 Å². The molecule has 3 amide bonds. The van der Waals surface area contributed by atoms with Crippen LogP contribution in [-0.4, -0.2) is 49.9 Å². The Morgan fingerprint density at radius 2 is 1.79 bits per heavy atom. The van der Waals surface area contributed by atoms with Crippen LogP contribution in [0.4, 0.5) is 0 Å². The molecule has 0 heterocycles. The molecule has 3 rings (SSSR count). The van der Waals surface area contributed by atoms with Crippen LogP contribution in [0.5, 0.6) is 0 Å². The molecule has 1 fully saturated rings. The minimum atomic E-state index is -4.09. The highest BCUT2D eigenvalue weighted by atomic mass is 35.5. The number of carbonyl (C=O) groups excluding carboxylic acids is 3. The van der Waals surface area contributed by atoms with Crippen molar-refractivity contribution >= 4 is 52.0 Å². The molecule has 0 radical (unpaired) electrons. The van der Waals surface area contributed by atoms with Gasteiger partial charge in [-0.15, -0.1) is 0 Å². The highest BCUT2D eigenvalue weighted by Crippen LogP contribution is 2.34. The van der Waals surface area contributed by atoms with Crippen molar-refractivity contribution in [2.24, 2.45) is 11.8 Å². The number of hydrogen-bond acceptors (Lipinski definition) is 6. The van der Waals surface area contributed by atoms with Crippen LogP contribution in [-0.2, 0) is 31.0 Å². The highest BCUT2D eigenvalue weighted by Gasteiger charge is 2.28. The molecule has 0 unspecified atom stereocenters. The predicted octanol–water partition coefficient (Wildman–Crippen LogP) is 5.59. The number of thiol groups is 1. The van der Waals surface area contributed by atoms with Crippen molar-refractivity contribution in [3.05, 3.63) is 53.1 Å². The average Bonchev–Trinajstić information content (AvgIpc) is 2.96. The summed E-state index contributed by atoms with van der Waals surface area (Å²) in [4.78, 5) is 39.2. The van der Waals surface area contributed by atoms with Gasteiger partial charge >= 0.3 is 0 Å². The lowest BCUT2D eigenvalue weighted by Gasteiger charge is -2.29. The molecule has 2 N–H and O–H groups in total. The first-order chi connectivity index (χ1) is 20.1. The molecule has 230 valence electrons.